The molecule has 0 aromatic heterocycles. The van der Waals surface area contributed by atoms with Crippen LogP contribution in [0, 0.1) is 0 Å². The zero-order chi connectivity index (χ0) is 21.9. The molecule has 1 amide bonds. The lowest BCUT2D eigenvalue weighted by atomic mass is 10.2. The molecular formula is C19H25ClN2O7S. The molecule has 3 rings (SSSR count). The van der Waals surface area contributed by atoms with E-state index in [4.69, 9.17) is 25.8 Å². The van der Waals surface area contributed by atoms with Gasteiger partial charge in [-0.05, 0) is 32.0 Å². The Hall–Kier alpha value is -1.72. The van der Waals surface area contributed by atoms with Gasteiger partial charge in [0, 0.05) is 26.2 Å². The molecule has 2 aliphatic heterocycles. The minimum atomic E-state index is -3.80. The van der Waals surface area contributed by atoms with Gasteiger partial charge in [0.2, 0.25) is 10.0 Å². The van der Waals surface area contributed by atoms with E-state index >= 15 is 0 Å². The van der Waals surface area contributed by atoms with E-state index in [1.807, 2.05) is 13.8 Å². The monoisotopic (exact) mass is 460 g/mol. The Labute approximate surface area is 180 Å². The predicted octanol–water partition coefficient (Wildman–Crippen LogP) is 1.15. The van der Waals surface area contributed by atoms with Crippen LogP contribution in [-0.2, 0) is 29.0 Å². The number of amides is 1. The molecule has 166 valence electrons. The standard InChI is InChI=1S/C19H25ClN2O7S/c1-13-10-21(11-14(2)29-13)18(23)12-28-19(24)16-9-15(3-4-17(16)20)30(25,26)22-5-7-27-8-6-22/h3-4,9,13-14H,5-8,10-12H2,1-2H3. The summed E-state index contributed by atoms with van der Waals surface area (Å²) in [6.45, 7) is 5.17. The third kappa shape index (κ3) is 5.30. The highest BCUT2D eigenvalue weighted by molar-refractivity contribution is 7.89. The number of esters is 1. The van der Waals surface area contributed by atoms with Crippen molar-refractivity contribution in [1.29, 1.82) is 0 Å². The SMILES string of the molecule is CC1CN(C(=O)COC(=O)c2cc(S(=O)(=O)N3CCOCC3)ccc2Cl)CC(C)O1. The van der Waals surface area contributed by atoms with Crippen LogP contribution >= 0.6 is 11.6 Å². The van der Waals surface area contributed by atoms with Gasteiger partial charge >= 0.3 is 5.97 Å². The molecule has 1 aromatic rings. The number of rotatable bonds is 5. The first-order valence-electron chi connectivity index (χ1n) is 9.66. The Balaban J connectivity index is 1.68. The van der Waals surface area contributed by atoms with Gasteiger partial charge in [0.25, 0.3) is 5.91 Å². The van der Waals surface area contributed by atoms with Crippen LogP contribution in [0.4, 0.5) is 0 Å². The van der Waals surface area contributed by atoms with Crippen molar-refractivity contribution >= 4 is 33.5 Å². The van der Waals surface area contributed by atoms with Crippen molar-refractivity contribution in [2.24, 2.45) is 0 Å². The van der Waals surface area contributed by atoms with Gasteiger partial charge in [-0.3, -0.25) is 4.79 Å². The van der Waals surface area contributed by atoms with E-state index in [1.54, 1.807) is 4.90 Å². The Kier molecular flexibility index (Phi) is 7.35. The Morgan fingerprint density at radius 3 is 2.43 bits per heavy atom. The highest BCUT2D eigenvalue weighted by Crippen LogP contribution is 2.24. The summed E-state index contributed by atoms with van der Waals surface area (Å²) in [6.07, 6.45) is -0.213. The number of nitrogens with zero attached hydrogens (tertiary/aromatic N) is 2. The average molecular weight is 461 g/mol. The van der Waals surface area contributed by atoms with Crippen LogP contribution < -0.4 is 0 Å². The molecule has 30 heavy (non-hydrogen) atoms. The van der Waals surface area contributed by atoms with Crippen molar-refractivity contribution in [2.45, 2.75) is 31.0 Å². The van der Waals surface area contributed by atoms with Gasteiger partial charge in [-0.1, -0.05) is 11.6 Å². The molecule has 2 heterocycles. The second kappa shape index (κ2) is 9.61. The van der Waals surface area contributed by atoms with Crippen molar-refractivity contribution in [3.05, 3.63) is 28.8 Å². The molecule has 2 fully saturated rings. The fourth-order valence-electron chi connectivity index (χ4n) is 3.44. The van der Waals surface area contributed by atoms with E-state index in [9.17, 15) is 18.0 Å². The largest absolute Gasteiger partial charge is 0.452 e. The van der Waals surface area contributed by atoms with Crippen LogP contribution in [0.5, 0.6) is 0 Å². The van der Waals surface area contributed by atoms with Gasteiger partial charge in [-0.2, -0.15) is 4.31 Å². The van der Waals surface area contributed by atoms with Crippen molar-refractivity contribution < 1.29 is 32.2 Å². The van der Waals surface area contributed by atoms with E-state index < -0.39 is 22.6 Å². The number of hydrogen-bond donors (Lipinski definition) is 0. The van der Waals surface area contributed by atoms with E-state index in [0.717, 1.165) is 0 Å². The smallest absolute Gasteiger partial charge is 0.340 e. The molecular weight excluding hydrogens is 436 g/mol. The first-order chi connectivity index (χ1) is 14.2. The normalized spacial score (nSPS) is 23.2. The lowest BCUT2D eigenvalue weighted by molar-refractivity contribution is -0.146. The molecule has 0 aliphatic carbocycles. The molecule has 2 saturated heterocycles. The summed E-state index contributed by atoms with van der Waals surface area (Å²) >= 11 is 6.09. The van der Waals surface area contributed by atoms with Crippen LogP contribution in [0.25, 0.3) is 0 Å². The Morgan fingerprint density at radius 2 is 1.80 bits per heavy atom. The zero-order valence-electron chi connectivity index (χ0n) is 16.9. The summed E-state index contributed by atoms with van der Waals surface area (Å²) in [5.41, 5.74) is -0.109. The first-order valence-corrected chi connectivity index (χ1v) is 11.5. The maximum atomic E-state index is 12.8. The number of ether oxygens (including phenoxy) is 3. The van der Waals surface area contributed by atoms with Crippen LogP contribution in [0.15, 0.2) is 23.1 Å². The fraction of sp³-hybridized carbons (Fsp3) is 0.579. The molecule has 0 radical (unpaired) electrons. The summed E-state index contributed by atoms with van der Waals surface area (Å²) in [6, 6.07) is 3.85. The fourth-order valence-corrected chi connectivity index (χ4v) is 5.06. The number of carbonyl (C=O) groups excluding carboxylic acids is 2. The van der Waals surface area contributed by atoms with E-state index in [1.165, 1.54) is 22.5 Å². The molecule has 0 spiro atoms. The minimum Gasteiger partial charge on any atom is -0.452 e. The molecule has 2 aliphatic rings. The second-order valence-electron chi connectivity index (χ2n) is 7.29. The van der Waals surface area contributed by atoms with Crippen molar-refractivity contribution in [3.63, 3.8) is 0 Å². The van der Waals surface area contributed by atoms with Gasteiger partial charge in [-0.25, -0.2) is 13.2 Å². The Bertz CT molecular complexity index is 892. The highest BCUT2D eigenvalue weighted by Gasteiger charge is 2.29. The quantitative estimate of drug-likeness (QED) is 0.607. The maximum Gasteiger partial charge on any atom is 0.340 e. The molecule has 0 saturated carbocycles. The van der Waals surface area contributed by atoms with Crippen LogP contribution in [0.3, 0.4) is 0 Å². The molecule has 11 heteroatoms. The summed E-state index contributed by atoms with van der Waals surface area (Å²) in [7, 11) is -3.80. The van der Waals surface area contributed by atoms with Crippen molar-refractivity contribution in [2.75, 3.05) is 46.0 Å². The number of morpholine rings is 2. The predicted molar refractivity (Wildman–Crippen MR) is 108 cm³/mol. The van der Waals surface area contributed by atoms with Gasteiger partial charge in [-0.15, -0.1) is 0 Å². The van der Waals surface area contributed by atoms with Gasteiger partial charge in [0.1, 0.15) is 0 Å². The van der Waals surface area contributed by atoms with Crippen molar-refractivity contribution in [1.82, 2.24) is 9.21 Å². The molecule has 0 bridgehead atoms. The van der Waals surface area contributed by atoms with Gasteiger partial charge < -0.3 is 19.1 Å². The lowest BCUT2D eigenvalue weighted by Gasteiger charge is -2.35. The average Bonchev–Trinajstić information content (AvgIpc) is 2.71. The maximum absolute atomic E-state index is 12.8. The van der Waals surface area contributed by atoms with Crippen molar-refractivity contribution in [3.8, 4) is 0 Å². The van der Waals surface area contributed by atoms with Gasteiger partial charge in [0.15, 0.2) is 6.61 Å². The van der Waals surface area contributed by atoms with Crippen LogP contribution in [0.1, 0.15) is 24.2 Å². The third-order valence-corrected chi connectivity index (χ3v) is 7.09. The number of halogens is 1. The first kappa shape index (κ1) is 23.0. The van der Waals surface area contributed by atoms with Crippen LogP contribution in [-0.4, -0.2) is 87.7 Å². The zero-order valence-corrected chi connectivity index (χ0v) is 18.4. The summed E-state index contributed by atoms with van der Waals surface area (Å²) in [5, 5.41) is 0.0435. The summed E-state index contributed by atoms with van der Waals surface area (Å²) in [5.74, 6) is -1.21. The Morgan fingerprint density at radius 1 is 1.17 bits per heavy atom. The molecule has 9 nitrogen and oxygen atoms in total. The summed E-state index contributed by atoms with van der Waals surface area (Å²) < 4.78 is 42.8. The summed E-state index contributed by atoms with van der Waals surface area (Å²) in [4.78, 5) is 26.4. The lowest BCUT2D eigenvalue weighted by Crippen LogP contribution is -2.49. The number of carbonyl (C=O) groups is 2. The minimum absolute atomic E-state index is 0.0435. The van der Waals surface area contributed by atoms with E-state index in [0.29, 0.717) is 26.3 Å². The van der Waals surface area contributed by atoms with Crippen LogP contribution in [0.2, 0.25) is 5.02 Å². The molecule has 1 aromatic carbocycles. The van der Waals surface area contributed by atoms with E-state index in [-0.39, 0.29) is 46.7 Å². The second-order valence-corrected chi connectivity index (χ2v) is 9.64. The van der Waals surface area contributed by atoms with E-state index in [2.05, 4.69) is 0 Å². The number of sulfonamides is 1. The molecule has 0 N–H and O–H groups in total. The highest BCUT2D eigenvalue weighted by atomic mass is 35.5. The number of hydrogen-bond acceptors (Lipinski definition) is 7. The van der Waals surface area contributed by atoms with Gasteiger partial charge in [0.05, 0.1) is 40.9 Å². The topological polar surface area (TPSA) is 102 Å². The molecule has 2 unspecified atom stereocenters. The number of benzene rings is 1. The third-order valence-electron chi connectivity index (χ3n) is 4.86. The molecule has 2 atom stereocenters.